The van der Waals surface area contributed by atoms with Gasteiger partial charge in [0.05, 0.1) is 6.04 Å². The van der Waals surface area contributed by atoms with Crippen LogP contribution in [0.2, 0.25) is 0 Å². The first-order valence-corrected chi connectivity index (χ1v) is 11.9. The predicted molar refractivity (Wildman–Crippen MR) is 133 cm³/mol. The number of fused-ring (bicyclic) bond motifs is 5. The Morgan fingerprint density at radius 3 is 2.39 bits per heavy atom. The summed E-state index contributed by atoms with van der Waals surface area (Å²) in [4.78, 5) is 38.9. The number of halogens is 1. The van der Waals surface area contributed by atoms with Gasteiger partial charge < -0.3 is 38.3 Å². The van der Waals surface area contributed by atoms with Gasteiger partial charge in [-0.2, -0.15) is 0 Å². The van der Waals surface area contributed by atoms with Gasteiger partial charge in [-0.3, -0.25) is 14.4 Å². The SMILES string of the molecule is NCCC[C@@H]1NC(=O)[C@@H](N)Cc2cc(ccc2O)-c2ccc(F)c(c2)C[C@@H](C(=O)NCCN)NC1=O. The first-order chi connectivity index (χ1) is 17.2. The highest BCUT2D eigenvalue weighted by atomic mass is 19.1. The van der Waals surface area contributed by atoms with Gasteiger partial charge in [-0.1, -0.05) is 12.1 Å². The van der Waals surface area contributed by atoms with E-state index in [1.165, 1.54) is 12.1 Å². The zero-order valence-electron chi connectivity index (χ0n) is 19.9. The Balaban J connectivity index is 2.08. The van der Waals surface area contributed by atoms with E-state index in [-0.39, 0.29) is 50.2 Å². The summed E-state index contributed by atoms with van der Waals surface area (Å²) < 4.78 is 14.8. The molecule has 0 saturated heterocycles. The third-order valence-corrected chi connectivity index (χ3v) is 6.07. The lowest BCUT2D eigenvalue weighted by Gasteiger charge is -2.24. The molecule has 3 amide bonds. The standard InChI is InChI=1S/C25H33FN6O4/c26-18-5-3-14-10-16(18)13-21(24(35)30-9-8-28)32-25(36)20(2-1-7-27)31-23(34)19(29)12-17-11-15(14)4-6-22(17)33/h3-6,10-11,19-21,33H,1-2,7-9,12-13,27-29H2,(H,30,35)(H,31,34)(H,32,36)/t19-,20-,21-/m0/s1. The van der Waals surface area contributed by atoms with Gasteiger partial charge in [-0.15, -0.1) is 0 Å². The lowest BCUT2D eigenvalue weighted by molar-refractivity contribution is -0.132. The molecule has 4 bridgehead atoms. The number of phenolic OH excluding ortho intramolecular Hbond substituents is 1. The predicted octanol–water partition coefficient (Wildman–Crippen LogP) is -0.592. The molecule has 1 heterocycles. The molecule has 194 valence electrons. The normalized spacial score (nSPS) is 20.5. The molecular formula is C25H33FN6O4. The van der Waals surface area contributed by atoms with E-state index in [1.54, 1.807) is 24.3 Å². The second kappa shape index (κ2) is 12.4. The molecule has 11 heteroatoms. The highest BCUT2D eigenvalue weighted by Crippen LogP contribution is 2.28. The van der Waals surface area contributed by atoms with Crippen LogP contribution in [0.5, 0.6) is 5.75 Å². The van der Waals surface area contributed by atoms with Crippen LogP contribution in [0.3, 0.4) is 0 Å². The lowest BCUT2D eigenvalue weighted by atomic mass is 9.95. The second-order valence-electron chi connectivity index (χ2n) is 8.80. The third kappa shape index (κ3) is 6.78. The number of carbonyl (C=O) groups is 3. The number of hydrogen-bond acceptors (Lipinski definition) is 7. The van der Waals surface area contributed by atoms with E-state index in [0.717, 1.165) is 0 Å². The highest BCUT2D eigenvalue weighted by molar-refractivity contribution is 5.93. The quantitative estimate of drug-likeness (QED) is 0.276. The van der Waals surface area contributed by atoms with Crippen molar-refractivity contribution in [3.8, 4) is 16.9 Å². The van der Waals surface area contributed by atoms with Crippen molar-refractivity contribution in [3.63, 3.8) is 0 Å². The number of carbonyl (C=O) groups excluding carboxylic acids is 3. The first kappa shape index (κ1) is 27.1. The first-order valence-electron chi connectivity index (χ1n) is 11.9. The Morgan fingerprint density at radius 1 is 1.00 bits per heavy atom. The van der Waals surface area contributed by atoms with Crippen LogP contribution >= 0.6 is 0 Å². The number of nitrogens with one attached hydrogen (secondary N) is 3. The number of aromatic hydroxyl groups is 1. The maximum Gasteiger partial charge on any atom is 0.243 e. The molecule has 10 N–H and O–H groups in total. The molecule has 0 unspecified atom stereocenters. The topological polar surface area (TPSA) is 186 Å². The van der Waals surface area contributed by atoms with Crippen LogP contribution in [0.4, 0.5) is 4.39 Å². The Kier molecular flexibility index (Phi) is 9.34. The Hall–Kier alpha value is -3.54. The lowest BCUT2D eigenvalue weighted by Crippen LogP contribution is -2.56. The van der Waals surface area contributed by atoms with Gasteiger partial charge in [0.15, 0.2) is 0 Å². The van der Waals surface area contributed by atoms with Gasteiger partial charge in [0.2, 0.25) is 17.7 Å². The van der Waals surface area contributed by atoms with Crippen molar-refractivity contribution >= 4 is 17.7 Å². The zero-order valence-corrected chi connectivity index (χ0v) is 19.9. The van der Waals surface area contributed by atoms with Crippen LogP contribution in [-0.2, 0) is 27.2 Å². The third-order valence-electron chi connectivity index (χ3n) is 6.07. The molecule has 0 saturated carbocycles. The Labute approximate surface area is 208 Å². The minimum absolute atomic E-state index is 0.00884. The van der Waals surface area contributed by atoms with E-state index < -0.39 is 41.7 Å². The number of amides is 3. The van der Waals surface area contributed by atoms with Crippen LogP contribution in [0.15, 0.2) is 36.4 Å². The molecule has 1 aliphatic rings. The van der Waals surface area contributed by atoms with E-state index in [9.17, 15) is 23.9 Å². The maximum absolute atomic E-state index is 14.8. The van der Waals surface area contributed by atoms with Crippen LogP contribution in [-0.4, -0.2) is 60.6 Å². The van der Waals surface area contributed by atoms with Gasteiger partial charge in [-0.05, 0) is 65.9 Å². The molecule has 10 nitrogen and oxygen atoms in total. The molecule has 2 aromatic carbocycles. The van der Waals surface area contributed by atoms with E-state index in [0.29, 0.717) is 23.1 Å². The van der Waals surface area contributed by atoms with E-state index in [4.69, 9.17) is 17.2 Å². The van der Waals surface area contributed by atoms with Crippen LogP contribution in [0.25, 0.3) is 11.1 Å². The van der Waals surface area contributed by atoms with Crippen molar-refractivity contribution in [2.24, 2.45) is 17.2 Å². The smallest absolute Gasteiger partial charge is 0.243 e. The molecule has 3 rings (SSSR count). The molecule has 3 atom stereocenters. The van der Waals surface area contributed by atoms with Crippen molar-refractivity contribution in [3.05, 3.63) is 53.3 Å². The summed E-state index contributed by atoms with van der Waals surface area (Å²) in [6, 6.07) is 6.08. The van der Waals surface area contributed by atoms with E-state index >= 15 is 0 Å². The average molecular weight is 501 g/mol. The molecule has 0 fully saturated rings. The number of benzene rings is 2. The fourth-order valence-electron chi connectivity index (χ4n) is 4.06. The molecule has 1 aliphatic heterocycles. The molecular weight excluding hydrogens is 467 g/mol. The summed E-state index contributed by atoms with van der Waals surface area (Å²) in [5.74, 6) is -2.32. The van der Waals surface area contributed by atoms with Crippen molar-refractivity contribution in [2.75, 3.05) is 19.6 Å². The van der Waals surface area contributed by atoms with Crippen LogP contribution in [0, 0.1) is 5.82 Å². The molecule has 0 spiro atoms. The zero-order chi connectivity index (χ0) is 26.2. The average Bonchev–Trinajstić information content (AvgIpc) is 2.86. The summed E-state index contributed by atoms with van der Waals surface area (Å²) in [6.45, 7) is 0.642. The Bertz CT molecular complexity index is 1110. The van der Waals surface area contributed by atoms with Gasteiger partial charge in [0.25, 0.3) is 0 Å². The van der Waals surface area contributed by atoms with Crippen molar-refractivity contribution in [1.29, 1.82) is 0 Å². The number of hydrogen-bond donors (Lipinski definition) is 7. The minimum atomic E-state index is -1.12. The van der Waals surface area contributed by atoms with E-state index in [1.807, 2.05) is 0 Å². The monoisotopic (exact) mass is 500 g/mol. The molecule has 0 radical (unpaired) electrons. The summed E-state index contributed by atoms with van der Waals surface area (Å²) in [6.07, 6.45) is 0.512. The Morgan fingerprint density at radius 2 is 1.69 bits per heavy atom. The molecule has 2 aromatic rings. The number of rotatable bonds is 6. The van der Waals surface area contributed by atoms with Gasteiger partial charge in [-0.25, -0.2) is 4.39 Å². The largest absolute Gasteiger partial charge is 0.508 e. The molecule has 0 aliphatic carbocycles. The fraction of sp³-hybridized carbons (Fsp3) is 0.400. The summed E-state index contributed by atoms with van der Waals surface area (Å²) in [5, 5.41) is 18.2. The summed E-state index contributed by atoms with van der Waals surface area (Å²) >= 11 is 0. The van der Waals surface area contributed by atoms with E-state index in [2.05, 4.69) is 16.0 Å². The number of nitrogens with two attached hydrogens (primary N) is 3. The summed E-state index contributed by atoms with van der Waals surface area (Å²) in [7, 11) is 0. The highest BCUT2D eigenvalue weighted by Gasteiger charge is 2.29. The van der Waals surface area contributed by atoms with Gasteiger partial charge >= 0.3 is 0 Å². The fourth-order valence-corrected chi connectivity index (χ4v) is 4.06. The van der Waals surface area contributed by atoms with Crippen molar-refractivity contribution in [2.45, 2.75) is 43.8 Å². The number of phenols is 1. The molecule has 0 aromatic heterocycles. The van der Waals surface area contributed by atoms with Gasteiger partial charge in [0.1, 0.15) is 23.7 Å². The maximum atomic E-state index is 14.8. The minimum Gasteiger partial charge on any atom is -0.508 e. The van der Waals surface area contributed by atoms with Crippen LogP contribution < -0.4 is 33.2 Å². The molecule has 36 heavy (non-hydrogen) atoms. The van der Waals surface area contributed by atoms with Gasteiger partial charge in [0, 0.05) is 25.9 Å². The second-order valence-corrected chi connectivity index (χ2v) is 8.80. The van der Waals surface area contributed by atoms with Crippen LogP contribution in [0.1, 0.15) is 24.0 Å². The summed E-state index contributed by atoms with van der Waals surface area (Å²) in [5.41, 5.74) is 19.1. The van der Waals surface area contributed by atoms with Crippen molar-refractivity contribution in [1.82, 2.24) is 16.0 Å². The van der Waals surface area contributed by atoms with Crippen molar-refractivity contribution < 1.29 is 23.9 Å².